The molecule has 0 N–H and O–H groups in total. The van der Waals surface area contributed by atoms with Gasteiger partial charge in [0, 0.05) is 32.7 Å². The molecule has 67 heavy (non-hydrogen) atoms. The second-order valence-corrected chi connectivity index (χ2v) is 18.2. The molecule has 12 aromatic rings. The number of furan rings is 2. The summed E-state index contributed by atoms with van der Waals surface area (Å²) in [6.07, 6.45) is 0. The molecule has 2 heterocycles. The van der Waals surface area contributed by atoms with Crippen LogP contribution in [0.15, 0.2) is 227 Å². The lowest BCUT2D eigenvalue weighted by Crippen LogP contribution is -2.31. The molecule has 320 valence electrons. The molecule has 0 bridgehead atoms. The first-order valence-electron chi connectivity index (χ1n) is 23.2. The largest absolute Gasteiger partial charge is 0.455 e. The maximum absolute atomic E-state index is 6.62. The molecule has 0 saturated carbocycles. The smallest absolute Gasteiger partial charge is 0.143 e. The third-order valence-corrected chi connectivity index (χ3v) is 14.2. The van der Waals surface area contributed by atoms with Gasteiger partial charge in [0.25, 0.3) is 0 Å². The summed E-state index contributed by atoms with van der Waals surface area (Å²) in [5, 5.41) is 4.50. The predicted octanol–water partition coefficient (Wildman–Crippen LogP) is 17.8. The lowest BCUT2D eigenvalue weighted by molar-refractivity contribution is 0.669. The minimum atomic E-state index is -0.609. The van der Waals surface area contributed by atoms with Gasteiger partial charge in [0.1, 0.15) is 22.3 Å². The molecule has 0 saturated heterocycles. The van der Waals surface area contributed by atoms with E-state index in [4.69, 9.17) is 8.83 Å². The lowest BCUT2D eigenvalue weighted by atomic mass is 9.64. The van der Waals surface area contributed by atoms with Gasteiger partial charge in [-0.25, -0.2) is 0 Å². The maximum Gasteiger partial charge on any atom is 0.143 e. The fourth-order valence-corrected chi connectivity index (χ4v) is 10.9. The highest BCUT2D eigenvalue weighted by atomic mass is 16.3. The Morgan fingerprint density at radius 2 is 0.672 bits per heavy atom. The second kappa shape index (κ2) is 16.0. The molecule has 2 aromatic heterocycles. The van der Waals surface area contributed by atoms with Crippen LogP contribution in [-0.4, -0.2) is 0 Å². The van der Waals surface area contributed by atoms with Gasteiger partial charge in [0.2, 0.25) is 0 Å². The highest BCUT2D eigenvalue weighted by molar-refractivity contribution is 6.12. The van der Waals surface area contributed by atoms with Crippen molar-refractivity contribution in [2.45, 2.75) is 33.1 Å². The molecule has 2 nitrogen and oxygen atoms in total. The molecular formula is C65H48O2. The SMILES string of the molecule is Cc1cc(C(c2ccccc2)(c2ccccc2)c2ccc(-c3ccc4oc5c(-c6ccccc6C)cccc5c4c3)c(C)c2)ccc1-c1ccc2oc3c(-c4ccccc4C)cccc3c2c1. The Hall–Kier alpha value is -8.20. The highest BCUT2D eigenvalue weighted by Crippen LogP contribution is 2.48. The summed E-state index contributed by atoms with van der Waals surface area (Å²) in [6.45, 7) is 8.82. The number of rotatable bonds is 8. The first-order chi connectivity index (χ1) is 32.9. The summed E-state index contributed by atoms with van der Waals surface area (Å²) in [4.78, 5) is 0. The number of benzene rings is 10. The summed E-state index contributed by atoms with van der Waals surface area (Å²) in [5.41, 5.74) is 22.1. The highest BCUT2D eigenvalue weighted by Gasteiger charge is 2.39. The van der Waals surface area contributed by atoms with Crippen molar-refractivity contribution in [3.63, 3.8) is 0 Å². The van der Waals surface area contributed by atoms with Gasteiger partial charge in [-0.05, 0) is 130 Å². The second-order valence-electron chi connectivity index (χ2n) is 18.2. The Bertz CT molecular complexity index is 3590. The molecule has 0 aliphatic heterocycles. The van der Waals surface area contributed by atoms with E-state index in [-0.39, 0.29) is 0 Å². The van der Waals surface area contributed by atoms with Crippen LogP contribution in [-0.2, 0) is 5.41 Å². The zero-order valence-electron chi connectivity index (χ0n) is 38.1. The molecule has 0 aliphatic rings. The van der Waals surface area contributed by atoms with Crippen LogP contribution in [0.3, 0.4) is 0 Å². The van der Waals surface area contributed by atoms with E-state index in [1.54, 1.807) is 0 Å². The summed E-state index contributed by atoms with van der Waals surface area (Å²) in [6, 6.07) is 79.5. The summed E-state index contributed by atoms with van der Waals surface area (Å²) >= 11 is 0. The molecule has 0 radical (unpaired) electrons. The van der Waals surface area contributed by atoms with E-state index < -0.39 is 5.41 Å². The monoisotopic (exact) mass is 860 g/mol. The third kappa shape index (κ3) is 6.55. The van der Waals surface area contributed by atoms with Gasteiger partial charge in [0.05, 0.1) is 5.41 Å². The fourth-order valence-electron chi connectivity index (χ4n) is 10.9. The number of hydrogen-bond acceptors (Lipinski definition) is 2. The Labute approximate surface area is 391 Å². The zero-order chi connectivity index (χ0) is 45.2. The first kappa shape index (κ1) is 40.3. The molecule has 0 amide bonds. The van der Waals surface area contributed by atoms with E-state index in [1.807, 2.05) is 0 Å². The molecule has 0 aliphatic carbocycles. The van der Waals surface area contributed by atoms with E-state index in [0.717, 1.165) is 55.0 Å². The Morgan fingerprint density at radius 3 is 1.09 bits per heavy atom. The van der Waals surface area contributed by atoms with Crippen molar-refractivity contribution in [2.75, 3.05) is 0 Å². The minimum absolute atomic E-state index is 0.609. The van der Waals surface area contributed by atoms with Crippen LogP contribution in [0.5, 0.6) is 0 Å². The van der Waals surface area contributed by atoms with E-state index in [9.17, 15) is 0 Å². The molecule has 12 rings (SSSR count). The first-order valence-corrected chi connectivity index (χ1v) is 23.2. The summed E-state index contributed by atoms with van der Waals surface area (Å²) < 4.78 is 13.2. The topological polar surface area (TPSA) is 26.3 Å². The molecule has 0 atom stereocenters. The predicted molar refractivity (Wildman–Crippen MR) is 280 cm³/mol. The van der Waals surface area contributed by atoms with Gasteiger partial charge in [-0.15, -0.1) is 0 Å². The maximum atomic E-state index is 6.62. The number of aryl methyl sites for hydroxylation is 4. The molecule has 2 heteroatoms. The van der Waals surface area contributed by atoms with Gasteiger partial charge in [-0.1, -0.05) is 194 Å². The van der Waals surface area contributed by atoms with Gasteiger partial charge in [-0.2, -0.15) is 0 Å². The van der Waals surface area contributed by atoms with Crippen molar-refractivity contribution in [1.82, 2.24) is 0 Å². The molecule has 0 fully saturated rings. The van der Waals surface area contributed by atoms with Crippen LogP contribution in [0.1, 0.15) is 44.5 Å². The van der Waals surface area contributed by atoms with Crippen LogP contribution in [0.25, 0.3) is 88.4 Å². The number of hydrogen-bond donors (Lipinski definition) is 0. The quantitative estimate of drug-likeness (QED) is 0.142. The van der Waals surface area contributed by atoms with E-state index >= 15 is 0 Å². The summed E-state index contributed by atoms with van der Waals surface area (Å²) in [5.74, 6) is 0. The van der Waals surface area contributed by atoms with Crippen molar-refractivity contribution < 1.29 is 8.83 Å². The van der Waals surface area contributed by atoms with Gasteiger partial charge in [0.15, 0.2) is 0 Å². The average molecular weight is 861 g/mol. The van der Waals surface area contributed by atoms with Gasteiger partial charge >= 0.3 is 0 Å². The normalized spacial score (nSPS) is 11.9. The van der Waals surface area contributed by atoms with Crippen molar-refractivity contribution >= 4 is 43.9 Å². The summed E-state index contributed by atoms with van der Waals surface area (Å²) in [7, 11) is 0. The molecule has 10 aromatic carbocycles. The van der Waals surface area contributed by atoms with Crippen molar-refractivity contribution in [1.29, 1.82) is 0 Å². The molecular weight excluding hydrogens is 813 g/mol. The molecule has 0 spiro atoms. The van der Waals surface area contributed by atoms with Crippen LogP contribution < -0.4 is 0 Å². The molecule has 0 unspecified atom stereocenters. The number of para-hydroxylation sites is 2. The Kier molecular flexibility index (Phi) is 9.66. The van der Waals surface area contributed by atoms with Crippen LogP contribution >= 0.6 is 0 Å². The van der Waals surface area contributed by atoms with Crippen LogP contribution in [0, 0.1) is 27.7 Å². The number of fused-ring (bicyclic) bond motifs is 6. The van der Waals surface area contributed by atoms with E-state index in [1.165, 1.54) is 77.9 Å². The zero-order valence-corrected chi connectivity index (χ0v) is 38.1. The van der Waals surface area contributed by atoms with Crippen molar-refractivity contribution in [2.24, 2.45) is 0 Å². The van der Waals surface area contributed by atoms with Gasteiger partial charge in [-0.3, -0.25) is 0 Å². The standard InChI is InChI=1S/C65H48O2/c1-41-17-11-13-23-53(41)55-25-15-27-57-59-39-45(29-35-61(59)66-63(55)57)51-33-31-49(37-43(51)3)65(47-19-7-5-8-20-47,48-21-9-6-10-22-48)50-32-34-52(44(4)38-50)46-30-36-62-60(40-46)58-28-16-26-56(64(58)67-62)54-24-14-12-18-42(54)2/h5-40H,1-4H3. The van der Waals surface area contributed by atoms with E-state index in [0.29, 0.717) is 0 Å². The Balaban J connectivity index is 0.981. The van der Waals surface area contributed by atoms with Crippen molar-refractivity contribution in [3.8, 4) is 44.5 Å². The Morgan fingerprint density at radius 1 is 0.269 bits per heavy atom. The lowest BCUT2D eigenvalue weighted by Gasteiger charge is -2.37. The van der Waals surface area contributed by atoms with Crippen LogP contribution in [0.4, 0.5) is 0 Å². The average Bonchev–Trinajstić information content (AvgIpc) is 3.94. The minimum Gasteiger partial charge on any atom is -0.455 e. The van der Waals surface area contributed by atoms with Crippen molar-refractivity contribution in [3.05, 3.63) is 263 Å². The third-order valence-electron chi connectivity index (χ3n) is 14.2. The van der Waals surface area contributed by atoms with Crippen LogP contribution in [0.2, 0.25) is 0 Å². The van der Waals surface area contributed by atoms with E-state index in [2.05, 4.69) is 246 Å². The fraction of sp³-hybridized carbons (Fsp3) is 0.0769. The van der Waals surface area contributed by atoms with Gasteiger partial charge < -0.3 is 8.83 Å².